The summed E-state index contributed by atoms with van der Waals surface area (Å²) in [6.45, 7) is 9.89. The predicted molar refractivity (Wildman–Crippen MR) is 150 cm³/mol. The van der Waals surface area contributed by atoms with Gasteiger partial charge in [0, 0.05) is 28.0 Å². The SMILES string of the molecule is CCOC(=O)c1c(-n2c(C)cc(/C=C(/C#N)C(=O)Nc3cccc(OC(C)C)c3)c2C)sc2c1CCCC2. The van der Waals surface area contributed by atoms with Crippen LogP contribution in [0.4, 0.5) is 5.69 Å². The summed E-state index contributed by atoms with van der Waals surface area (Å²) in [4.78, 5) is 27.3. The van der Waals surface area contributed by atoms with E-state index in [1.807, 2.05) is 57.4 Å². The van der Waals surface area contributed by atoms with E-state index in [-0.39, 0.29) is 17.6 Å². The zero-order valence-electron chi connectivity index (χ0n) is 22.5. The summed E-state index contributed by atoms with van der Waals surface area (Å²) < 4.78 is 13.2. The van der Waals surface area contributed by atoms with E-state index in [1.165, 1.54) is 4.88 Å². The van der Waals surface area contributed by atoms with Gasteiger partial charge < -0.3 is 19.4 Å². The van der Waals surface area contributed by atoms with Gasteiger partial charge in [-0.15, -0.1) is 11.3 Å². The molecule has 0 atom stereocenters. The highest BCUT2D eigenvalue weighted by atomic mass is 32.1. The van der Waals surface area contributed by atoms with Crippen LogP contribution >= 0.6 is 11.3 Å². The average molecular weight is 532 g/mol. The summed E-state index contributed by atoms with van der Waals surface area (Å²) >= 11 is 1.63. The van der Waals surface area contributed by atoms with Gasteiger partial charge in [0.1, 0.15) is 22.4 Å². The molecule has 198 valence electrons. The average Bonchev–Trinajstić information content (AvgIpc) is 3.38. The molecule has 7 nitrogen and oxygen atoms in total. The normalized spacial score (nSPS) is 13.1. The van der Waals surface area contributed by atoms with Crippen molar-refractivity contribution in [3.8, 4) is 16.8 Å². The molecule has 0 unspecified atom stereocenters. The van der Waals surface area contributed by atoms with E-state index in [9.17, 15) is 14.9 Å². The van der Waals surface area contributed by atoms with E-state index in [4.69, 9.17) is 9.47 Å². The van der Waals surface area contributed by atoms with Crippen LogP contribution in [0.15, 0.2) is 35.9 Å². The Kier molecular flexibility index (Phi) is 8.38. The van der Waals surface area contributed by atoms with Gasteiger partial charge in [0.2, 0.25) is 0 Å². The first-order chi connectivity index (χ1) is 18.2. The summed E-state index contributed by atoms with van der Waals surface area (Å²) in [6.07, 6.45) is 5.60. The van der Waals surface area contributed by atoms with Gasteiger partial charge in [0.15, 0.2) is 0 Å². The number of amides is 1. The van der Waals surface area contributed by atoms with Gasteiger partial charge >= 0.3 is 5.97 Å². The number of aromatic nitrogens is 1. The Labute approximate surface area is 227 Å². The second-order valence-corrected chi connectivity index (χ2v) is 10.7. The molecule has 2 aromatic heterocycles. The minimum absolute atomic E-state index is 0.00371. The molecule has 0 saturated heterocycles. The molecule has 0 radical (unpaired) electrons. The number of hydrogen-bond donors (Lipinski definition) is 1. The van der Waals surface area contributed by atoms with Crippen LogP contribution in [0.3, 0.4) is 0 Å². The van der Waals surface area contributed by atoms with Crippen molar-refractivity contribution in [3.05, 3.63) is 68.9 Å². The monoisotopic (exact) mass is 531 g/mol. The summed E-state index contributed by atoms with van der Waals surface area (Å²) in [5.74, 6) is -0.162. The first-order valence-electron chi connectivity index (χ1n) is 12.9. The molecule has 1 amide bonds. The molecule has 1 aliphatic rings. The number of nitriles is 1. The lowest BCUT2D eigenvalue weighted by Crippen LogP contribution is -2.14. The number of carbonyl (C=O) groups excluding carboxylic acids is 2. The molecule has 2 heterocycles. The first kappa shape index (κ1) is 27.2. The maximum absolute atomic E-state index is 13.0. The van der Waals surface area contributed by atoms with Crippen LogP contribution in [0.25, 0.3) is 11.1 Å². The number of anilines is 1. The summed E-state index contributed by atoms with van der Waals surface area (Å²) in [6, 6.07) is 11.1. The summed E-state index contributed by atoms with van der Waals surface area (Å²) in [5.41, 5.74) is 4.77. The van der Waals surface area contributed by atoms with E-state index in [0.717, 1.165) is 53.2 Å². The molecule has 1 aliphatic carbocycles. The van der Waals surface area contributed by atoms with Crippen molar-refractivity contribution in [2.45, 2.75) is 66.4 Å². The second-order valence-electron chi connectivity index (χ2n) is 9.59. The molecule has 0 aliphatic heterocycles. The highest BCUT2D eigenvalue weighted by Crippen LogP contribution is 2.39. The van der Waals surface area contributed by atoms with Gasteiger partial charge in [-0.1, -0.05) is 6.07 Å². The highest BCUT2D eigenvalue weighted by molar-refractivity contribution is 7.15. The number of fused-ring (bicyclic) bond motifs is 1. The Morgan fingerprint density at radius 3 is 2.68 bits per heavy atom. The first-order valence-corrected chi connectivity index (χ1v) is 13.8. The lowest BCUT2D eigenvalue weighted by Gasteiger charge is -2.13. The number of rotatable bonds is 8. The number of nitrogens with one attached hydrogen (secondary N) is 1. The van der Waals surface area contributed by atoms with E-state index < -0.39 is 5.91 Å². The standard InChI is InChI=1S/C30H33N3O4S/c1-6-36-30(35)27-25-12-7-8-13-26(25)38-29(27)33-19(4)14-21(20(33)5)15-22(17-31)28(34)32-23-10-9-11-24(16-23)37-18(2)3/h9-11,14-16,18H,6-8,12-13H2,1-5H3,(H,32,34)/b22-15-. The maximum atomic E-state index is 13.0. The lowest BCUT2D eigenvalue weighted by atomic mass is 9.95. The number of aryl methyl sites for hydroxylation is 2. The van der Waals surface area contributed by atoms with Crippen LogP contribution in [0, 0.1) is 25.2 Å². The largest absolute Gasteiger partial charge is 0.491 e. The molecule has 8 heteroatoms. The van der Waals surface area contributed by atoms with Crippen molar-refractivity contribution in [3.63, 3.8) is 0 Å². The Morgan fingerprint density at radius 2 is 1.97 bits per heavy atom. The van der Waals surface area contributed by atoms with Crippen LogP contribution in [-0.2, 0) is 22.4 Å². The maximum Gasteiger partial charge on any atom is 0.341 e. The van der Waals surface area contributed by atoms with E-state index >= 15 is 0 Å². The second kappa shape index (κ2) is 11.7. The van der Waals surface area contributed by atoms with E-state index in [2.05, 4.69) is 5.32 Å². The number of carbonyl (C=O) groups is 2. The van der Waals surface area contributed by atoms with E-state index in [0.29, 0.717) is 23.6 Å². The molecular weight excluding hydrogens is 498 g/mol. The zero-order valence-corrected chi connectivity index (χ0v) is 23.3. The van der Waals surface area contributed by atoms with Gasteiger partial charge in [-0.25, -0.2) is 4.79 Å². The fraction of sp³-hybridized carbons (Fsp3) is 0.367. The molecular formula is C30H33N3O4S. The Bertz CT molecular complexity index is 1440. The molecule has 0 fully saturated rings. The van der Waals surface area contributed by atoms with Crippen LogP contribution in [0.1, 0.15) is 71.4 Å². The fourth-order valence-electron chi connectivity index (χ4n) is 4.79. The number of ether oxygens (including phenoxy) is 2. The molecule has 4 rings (SSSR count). The Morgan fingerprint density at radius 1 is 1.21 bits per heavy atom. The van der Waals surface area contributed by atoms with Gasteiger partial charge in [0.25, 0.3) is 5.91 Å². The minimum Gasteiger partial charge on any atom is -0.491 e. The molecule has 0 spiro atoms. The van der Waals surface area contributed by atoms with Gasteiger partial charge in [0.05, 0.1) is 18.3 Å². The summed E-state index contributed by atoms with van der Waals surface area (Å²) in [5, 5.41) is 13.4. The smallest absolute Gasteiger partial charge is 0.341 e. The Hall–Kier alpha value is -3.83. The number of hydrogen-bond acceptors (Lipinski definition) is 6. The third-order valence-corrected chi connectivity index (χ3v) is 7.71. The van der Waals surface area contributed by atoms with Gasteiger partial charge in [-0.05, 0) is 95.7 Å². The van der Waals surface area contributed by atoms with Gasteiger partial charge in [-0.3, -0.25) is 4.79 Å². The van der Waals surface area contributed by atoms with Crippen LogP contribution in [0.2, 0.25) is 0 Å². The van der Waals surface area contributed by atoms with Crippen LogP contribution < -0.4 is 10.1 Å². The van der Waals surface area contributed by atoms with Crippen molar-refractivity contribution < 1.29 is 19.1 Å². The van der Waals surface area contributed by atoms with Crippen molar-refractivity contribution in [1.82, 2.24) is 4.57 Å². The van der Waals surface area contributed by atoms with Crippen molar-refractivity contribution >= 4 is 35.0 Å². The topological polar surface area (TPSA) is 93.4 Å². The molecule has 38 heavy (non-hydrogen) atoms. The third kappa shape index (κ3) is 5.68. The van der Waals surface area contributed by atoms with Crippen molar-refractivity contribution in [2.75, 3.05) is 11.9 Å². The molecule has 0 saturated carbocycles. The summed E-state index contributed by atoms with van der Waals surface area (Å²) in [7, 11) is 0. The van der Waals surface area contributed by atoms with Crippen LogP contribution in [-0.4, -0.2) is 29.2 Å². The third-order valence-electron chi connectivity index (χ3n) is 6.43. The van der Waals surface area contributed by atoms with Crippen molar-refractivity contribution in [1.29, 1.82) is 5.26 Å². The quantitative estimate of drug-likeness (QED) is 0.202. The number of thiophene rings is 1. The Balaban J connectivity index is 1.68. The fourth-order valence-corrected chi connectivity index (χ4v) is 6.28. The van der Waals surface area contributed by atoms with Crippen molar-refractivity contribution in [2.24, 2.45) is 0 Å². The van der Waals surface area contributed by atoms with Crippen LogP contribution in [0.5, 0.6) is 5.75 Å². The number of esters is 1. The van der Waals surface area contributed by atoms with Gasteiger partial charge in [-0.2, -0.15) is 5.26 Å². The predicted octanol–water partition coefficient (Wildman–Crippen LogP) is 6.54. The molecule has 3 aromatic rings. The number of benzene rings is 1. The minimum atomic E-state index is -0.502. The molecule has 1 aromatic carbocycles. The highest BCUT2D eigenvalue weighted by Gasteiger charge is 2.28. The molecule has 0 bridgehead atoms. The van der Waals surface area contributed by atoms with E-state index in [1.54, 1.807) is 35.6 Å². The molecule has 1 N–H and O–H groups in total. The lowest BCUT2D eigenvalue weighted by molar-refractivity contribution is -0.112. The number of nitrogens with zero attached hydrogens (tertiary/aromatic N) is 2. The zero-order chi connectivity index (χ0) is 27.4.